The summed E-state index contributed by atoms with van der Waals surface area (Å²) in [5.74, 6) is -0.427. The largest absolute Gasteiger partial charge is 0.332 e. The highest BCUT2D eigenvalue weighted by Crippen LogP contribution is 2.37. The summed E-state index contributed by atoms with van der Waals surface area (Å²) in [5, 5.41) is 18.6. The summed E-state index contributed by atoms with van der Waals surface area (Å²) in [6, 6.07) is 2.20. The number of rotatable bonds is 3. The molecule has 0 aliphatic carbocycles. The Kier molecular flexibility index (Phi) is 4.47. The van der Waals surface area contributed by atoms with Crippen molar-refractivity contribution in [2.75, 3.05) is 11.9 Å². The number of nitrogens with one attached hydrogen (secondary N) is 1. The second-order valence-corrected chi connectivity index (χ2v) is 7.85. The van der Waals surface area contributed by atoms with E-state index in [1.807, 2.05) is 0 Å². The van der Waals surface area contributed by atoms with Gasteiger partial charge in [-0.05, 0) is 12.0 Å². The van der Waals surface area contributed by atoms with Crippen LogP contribution in [0.5, 0.6) is 0 Å². The van der Waals surface area contributed by atoms with Gasteiger partial charge < -0.3 is 10.2 Å². The van der Waals surface area contributed by atoms with Crippen LogP contribution in [0.15, 0.2) is 23.3 Å². The Bertz CT molecular complexity index is 1060. The summed E-state index contributed by atoms with van der Waals surface area (Å²) in [7, 11) is 1.73. The Morgan fingerprint density at radius 3 is 2.93 bits per heavy atom. The van der Waals surface area contributed by atoms with Crippen LogP contribution in [-0.4, -0.2) is 38.0 Å². The molecule has 1 aliphatic heterocycles. The molecular formula is C17H14N6O2S2. The Morgan fingerprint density at radius 1 is 1.41 bits per heavy atom. The monoisotopic (exact) mass is 398 g/mol. The second kappa shape index (κ2) is 6.94. The number of nitrogens with zero attached hydrogens (tertiary/aromatic N) is 5. The molecule has 8 nitrogen and oxygen atoms in total. The Labute approximate surface area is 162 Å². The minimum Gasteiger partial charge on any atom is -0.332 e. The molecule has 0 aromatic carbocycles. The molecule has 0 saturated carbocycles. The van der Waals surface area contributed by atoms with Crippen LogP contribution in [0.4, 0.5) is 5.00 Å². The standard InChI is InChI=1S/C17H14N6O2S2/c1-22-6-10(5-20-22)15(24)21-16-12(4-18)11-2-3-23(7-14(11)27-16)17(25)13-8-26-9-19-13/h5-6,8-9H,2-3,7H2,1H3,(H,21,24). The highest BCUT2D eigenvalue weighted by Gasteiger charge is 2.28. The van der Waals surface area contributed by atoms with E-state index in [1.165, 1.54) is 28.9 Å². The Morgan fingerprint density at radius 2 is 2.26 bits per heavy atom. The third kappa shape index (κ3) is 3.22. The van der Waals surface area contributed by atoms with Gasteiger partial charge in [-0.2, -0.15) is 10.4 Å². The van der Waals surface area contributed by atoms with Crippen LogP contribution >= 0.6 is 22.7 Å². The van der Waals surface area contributed by atoms with Gasteiger partial charge in [-0.1, -0.05) is 0 Å². The number of aryl methyl sites for hydroxylation is 1. The number of hydrogen-bond acceptors (Lipinski definition) is 7. The molecule has 1 aliphatic rings. The van der Waals surface area contributed by atoms with Crippen molar-refractivity contribution in [1.29, 1.82) is 5.26 Å². The SMILES string of the molecule is Cn1cc(C(=O)Nc2sc3c(c2C#N)CCN(C(=O)c2cscn2)C3)cn1. The van der Waals surface area contributed by atoms with E-state index in [9.17, 15) is 14.9 Å². The molecule has 1 N–H and O–H groups in total. The van der Waals surface area contributed by atoms with Gasteiger partial charge in [0.25, 0.3) is 11.8 Å². The summed E-state index contributed by atoms with van der Waals surface area (Å²) in [5.41, 5.74) is 3.88. The van der Waals surface area contributed by atoms with Gasteiger partial charge in [0.15, 0.2) is 0 Å². The van der Waals surface area contributed by atoms with Gasteiger partial charge in [-0.25, -0.2) is 4.98 Å². The van der Waals surface area contributed by atoms with E-state index in [-0.39, 0.29) is 11.8 Å². The average molecular weight is 398 g/mol. The first-order valence-electron chi connectivity index (χ1n) is 8.09. The first-order chi connectivity index (χ1) is 13.1. The van der Waals surface area contributed by atoms with Crippen molar-refractivity contribution >= 4 is 39.5 Å². The van der Waals surface area contributed by atoms with Crippen molar-refractivity contribution < 1.29 is 9.59 Å². The predicted octanol–water partition coefficient (Wildman–Crippen LogP) is 2.26. The lowest BCUT2D eigenvalue weighted by molar-refractivity contribution is 0.0731. The maximum atomic E-state index is 12.5. The van der Waals surface area contributed by atoms with E-state index in [2.05, 4.69) is 21.5 Å². The zero-order valence-electron chi connectivity index (χ0n) is 14.3. The van der Waals surface area contributed by atoms with Gasteiger partial charge in [0.1, 0.15) is 16.8 Å². The van der Waals surface area contributed by atoms with Gasteiger partial charge in [0, 0.05) is 30.0 Å². The molecule has 0 spiro atoms. The number of thiazole rings is 1. The first kappa shape index (κ1) is 17.4. The van der Waals surface area contributed by atoms with E-state index in [0.29, 0.717) is 41.3 Å². The minimum absolute atomic E-state index is 0.116. The molecule has 4 heterocycles. The molecule has 2 amide bonds. The van der Waals surface area contributed by atoms with Crippen molar-refractivity contribution in [3.05, 3.63) is 50.5 Å². The van der Waals surface area contributed by atoms with Gasteiger partial charge in [-0.3, -0.25) is 14.3 Å². The second-order valence-electron chi connectivity index (χ2n) is 6.03. The topological polar surface area (TPSA) is 104 Å². The molecule has 3 aromatic heterocycles. The van der Waals surface area contributed by atoms with Crippen molar-refractivity contribution in [2.24, 2.45) is 7.05 Å². The number of amides is 2. The van der Waals surface area contributed by atoms with Crippen molar-refractivity contribution in [2.45, 2.75) is 13.0 Å². The predicted molar refractivity (Wildman–Crippen MR) is 101 cm³/mol. The number of carbonyl (C=O) groups is 2. The van der Waals surface area contributed by atoms with Crippen molar-refractivity contribution in [3.8, 4) is 6.07 Å². The average Bonchev–Trinajstić information content (AvgIpc) is 3.39. The summed E-state index contributed by atoms with van der Waals surface area (Å²) < 4.78 is 1.54. The van der Waals surface area contributed by atoms with Gasteiger partial charge >= 0.3 is 0 Å². The van der Waals surface area contributed by atoms with Crippen molar-refractivity contribution in [3.63, 3.8) is 0 Å². The molecule has 0 bridgehead atoms. The number of thiophene rings is 1. The highest BCUT2D eigenvalue weighted by molar-refractivity contribution is 7.16. The van der Waals surface area contributed by atoms with Crippen molar-refractivity contribution in [1.82, 2.24) is 19.7 Å². The fraction of sp³-hybridized carbons (Fsp3) is 0.235. The third-order valence-corrected chi connectivity index (χ3v) is 6.02. The Balaban J connectivity index is 1.57. The Hall–Kier alpha value is -3.03. The molecule has 0 radical (unpaired) electrons. The number of aromatic nitrogens is 3. The molecule has 4 rings (SSSR count). The molecule has 0 unspecified atom stereocenters. The molecular weight excluding hydrogens is 384 g/mol. The van der Waals surface area contributed by atoms with Crippen LogP contribution in [0.3, 0.4) is 0 Å². The van der Waals surface area contributed by atoms with E-state index in [0.717, 1.165) is 10.4 Å². The van der Waals surface area contributed by atoms with Crippen LogP contribution in [0.2, 0.25) is 0 Å². The summed E-state index contributed by atoms with van der Waals surface area (Å²) in [6.45, 7) is 0.929. The van der Waals surface area contributed by atoms with Gasteiger partial charge in [0.05, 0.1) is 29.4 Å². The first-order valence-corrected chi connectivity index (χ1v) is 9.85. The highest BCUT2D eigenvalue weighted by atomic mass is 32.1. The molecule has 0 atom stereocenters. The molecule has 136 valence electrons. The number of fused-ring (bicyclic) bond motifs is 1. The third-order valence-electron chi connectivity index (χ3n) is 4.30. The van der Waals surface area contributed by atoms with E-state index < -0.39 is 0 Å². The maximum absolute atomic E-state index is 12.5. The fourth-order valence-corrected chi connectivity index (χ4v) is 4.71. The molecule has 0 fully saturated rings. The lowest BCUT2D eigenvalue weighted by Crippen LogP contribution is -2.35. The van der Waals surface area contributed by atoms with Crippen LogP contribution in [0.1, 0.15) is 36.9 Å². The summed E-state index contributed by atoms with van der Waals surface area (Å²) in [4.78, 5) is 31.6. The van der Waals surface area contributed by atoms with E-state index in [4.69, 9.17) is 0 Å². The fourth-order valence-electron chi connectivity index (χ4n) is 2.98. The molecule has 3 aromatic rings. The zero-order chi connectivity index (χ0) is 19.0. The quantitative estimate of drug-likeness (QED) is 0.729. The number of carbonyl (C=O) groups excluding carboxylic acids is 2. The maximum Gasteiger partial charge on any atom is 0.273 e. The van der Waals surface area contributed by atoms with E-state index >= 15 is 0 Å². The summed E-state index contributed by atoms with van der Waals surface area (Å²) >= 11 is 2.72. The number of anilines is 1. The molecule has 10 heteroatoms. The van der Waals surface area contributed by atoms with Crippen LogP contribution in [-0.2, 0) is 20.0 Å². The van der Waals surface area contributed by atoms with Gasteiger partial charge in [0.2, 0.25) is 0 Å². The summed E-state index contributed by atoms with van der Waals surface area (Å²) in [6.07, 6.45) is 3.67. The zero-order valence-corrected chi connectivity index (χ0v) is 15.9. The van der Waals surface area contributed by atoms with Gasteiger partial charge in [-0.15, -0.1) is 22.7 Å². The van der Waals surface area contributed by atoms with Crippen LogP contribution in [0.25, 0.3) is 0 Å². The minimum atomic E-state index is -0.311. The lowest BCUT2D eigenvalue weighted by atomic mass is 10.0. The number of hydrogen-bond donors (Lipinski definition) is 1. The number of nitriles is 1. The molecule has 0 saturated heterocycles. The smallest absolute Gasteiger partial charge is 0.273 e. The lowest BCUT2D eigenvalue weighted by Gasteiger charge is -2.26. The van der Waals surface area contributed by atoms with Crippen LogP contribution in [0, 0.1) is 11.3 Å². The van der Waals surface area contributed by atoms with E-state index in [1.54, 1.807) is 33.7 Å². The molecule has 27 heavy (non-hydrogen) atoms. The van der Waals surface area contributed by atoms with Crippen LogP contribution < -0.4 is 5.32 Å². The normalized spacial score (nSPS) is 13.1.